The van der Waals surface area contributed by atoms with Crippen LogP contribution in [0, 0.1) is 12.3 Å². The van der Waals surface area contributed by atoms with Gasteiger partial charge in [0.1, 0.15) is 5.15 Å². The molecular weight excluding hydrogens is 279 g/mol. The molecule has 0 aliphatic carbocycles. The second-order valence-corrected chi connectivity index (χ2v) is 5.56. The van der Waals surface area contributed by atoms with E-state index in [1.807, 2.05) is 14.0 Å². The molecule has 0 saturated heterocycles. The third kappa shape index (κ3) is 3.30. The third-order valence-electron chi connectivity index (χ3n) is 3.17. The van der Waals surface area contributed by atoms with Crippen LogP contribution in [0.2, 0.25) is 5.15 Å². The van der Waals surface area contributed by atoms with Gasteiger partial charge in [-0.2, -0.15) is 5.10 Å². The van der Waals surface area contributed by atoms with Crippen molar-refractivity contribution in [2.45, 2.75) is 33.1 Å². The van der Waals surface area contributed by atoms with E-state index in [2.05, 4.69) is 12.0 Å². The summed E-state index contributed by atoms with van der Waals surface area (Å²) in [6, 6.07) is 0. The Hall–Kier alpha value is 0.0800. The molecule has 0 aliphatic rings. The molecule has 0 radical (unpaired) electrons. The fourth-order valence-corrected chi connectivity index (χ4v) is 3.12. The van der Waals surface area contributed by atoms with Crippen LogP contribution in [-0.4, -0.2) is 21.5 Å². The summed E-state index contributed by atoms with van der Waals surface area (Å²) in [5.74, 6) is 1.10. The van der Waals surface area contributed by atoms with Crippen LogP contribution < -0.4 is 0 Å². The summed E-state index contributed by atoms with van der Waals surface area (Å²) >= 11 is 18.5. The van der Waals surface area contributed by atoms with Crippen molar-refractivity contribution < 1.29 is 0 Å². The van der Waals surface area contributed by atoms with Crippen LogP contribution in [0.3, 0.4) is 0 Å². The summed E-state index contributed by atoms with van der Waals surface area (Å²) in [5.41, 5.74) is 1.96. The summed E-state index contributed by atoms with van der Waals surface area (Å²) in [6.45, 7) is 4.12. The molecule has 1 heterocycles. The van der Waals surface area contributed by atoms with Gasteiger partial charge in [-0.1, -0.05) is 24.9 Å². The predicted molar refractivity (Wildman–Crippen MR) is 75.4 cm³/mol. The SMILES string of the molecule is CCCC(CCl)(CCl)Cc1c(C)nn(C)c1Cl. The molecule has 98 valence electrons. The minimum absolute atomic E-state index is 0.0741. The third-order valence-corrected chi connectivity index (χ3v) is 4.78. The lowest BCUT2D eigenvalue weighted by atomic mass is 9.81. The van der Waals surface area contributed by atoms with Gasteiger partial charge in [-0.25, -0.2) is 0 Å². The van der Waals surface area contributed by atoms with E-state index in [4.69, 9.17) is 34.8 Å². The maximum atomic E-state index is 6.25. The molecular formula is C12H19Cl3N2. The highest BCUT2D eigenvalue weighted by Gasteiger charge is 2.30. The van der Waals surface area contributed by atoms with Crippen molar-refractivity contribution in [3.05, 3.63) is 16.4 Å². The van der Waals surface area contributed by atoms with Gasteiger partial charge in [0.2, 0.25) is 0 Å². The monoisotopic (exact) mass is 296 g/mol. The molecule has 0 amide bonds. The van der Waals surface area contributed by atoms with Crippen molar-refractivity contribution in [1.82, 2.24) is 9.78 Å². The summed E-state index contributed by atoms with van der Waals surface area (Å²) in [6.07, 6.45) is 2.87. The Morgan fingerprint density at radius 2 is 1.88 bits per heavy atom. The molecule has 0 N–H and O–H groups in total. The maximum Gasteiger partial charge on any atom is 0.130 e. The molecule has 0 fully saturated rings. The first-order valence-corrected chi connectivity index (χ1v) is 7.24. The van der Waals surface area contributed by atoms with Gasteiger partial charge in [0.05, 0.1) is 5.69 Å². The summed E-state index contributed by atoms with van der Waals surface area (Å²) in [5, 5.41) is 5.01. The molecule has 1 rings (SSSR count). The number of rotatable bonds is 6. The molecule has 1 aromatic heterocycles. The number of hydrogen-bond donors (Lipinski definition) is 0. The zero-order chi connectivity index (χ0) is 13.1. The van der Waals surface area contributed by atoms with E-state index < -0.39 is 0 Å². The molecule has 0 bridgehead atoms. The van der Waals surface area contributed by atoms with Crippen molar-refractivity contribution in [3.8, 4) is 0 Å². The molecule has 0 atom stereocenters. The molecule has 17 heavy (non-hydrogen) atoms. The Morgan fingerprint density at radius 1 is 1.29 bits per heavy atom. The molecule has 0 aromatic carbocycles. The largest absolute Gasteiger partial charge is 0.257 e. The van der Waals surface area contributed by atoms with Crippen LogP contribution in [-0.2, 0) is 13.5 Å². The van der Waals surface area contributed by atoms with E-state index in [1.165, 1.54) is 0 Å². The fourth-order valence-electron chi connectivity index (χ4n) is 2.13. The number of alkyl halides is 2. The standard InChI is InChI=1S/C12H19Cl3N2/c1-4-5-12(7-13,8-14)6-10-9(2)16-17(3)11(10)15/h4-8H2,1-3H3. The van der Waals surface area contributed by atoms with E-state index >= 15 is 0 Å². The highest BCUT2D eigenvalue weighted by molar-refractivity contribution is 6.30. The Morgan fingerprint density at radius 3 is 2.24 bits per heavy atom. The number of aromatic nitrogens is 2. The smallest absolute Gasteiger partial charge is 0.130 e. The van der Waals surface area contributed by atoms with Crippen LogP contribution in [0.4, 0.5) is 0 Å². The van der Waals surface area contributed by atoms with Crippen molar-refractivity contribution in [2.24, 2.45) is 12.5 Å². The van der Waals surface area contributed by atoms with Crippen LogP contribution in [0.1, 0.15) is 31.0 Å². The van der Waals surface area contributed by atoms with E-state index in [0.717, 1.165) is 30.5 Å². The first-order chi connectivity index (χ1) is 7.99. The number of halogens is 3. The minimum Gasteiger partial charge on any atom is -0.257 e. The molecule has 5 heteroatoms. The van der Waals surface area contributed by atoms with Crippen LogP contribution in [0.25, 0.3) is 0 Å². The Kier molecular flexibility index (Phi) is 5.62. The highest BCUT2D eigenvalue weighted by Crippen LogP contribution is 2.35. The Bertz CT molecular complexity index is 370. The average Bonchev–Trinajstić information content (AvgIpc) is 2.55. The summed E-state index contributed by atoms with van der Waals surface area (Å²) in [7, 11) is 1.85. The topological polar surface area (TPSA) is 17.8 Å². The number of aryl methyl sites for hydroxylation is 2. The summed E-state index contributed by atoms with van der Waals surface area (Å²) in [4.78, 5) is 0. The highest BCUT2D eigenvalue weighted by atomic mass is 35.5. The van der Waals surface area contributed by atoms with Crippen LogP contribution in [0.5, 0.6) is 0 Å². The van der Waals surface area contributed by atoms with Gasteiger partial charge in [0.25, 0.3) is 0 Å². The number of hydrogen-bond acceptors (Lipinski definition) is 1. The molecule has 2 nitrogen and oxygen atoms in total. The quantitative estimate of drug-likeness (QED) is 0.720. The number of nitrogens with zero attached hydrogens (tertiary/aromatic N) is 2. The zero-order valence-corrected chi connectivity index (χ0v) is 12.8. The van der Waals surface area contributed by atoms with E-state index in [-0.39, 0.29) is 5.41 Å². The van der Waals surface area contributed by atoms with Gasteiger partial charge in [-0.3, -0.25) is 4.68 Å². The Balaban J connectivity index is 3.00. The first-order valence-electron chi connectivity index (χ1n) is 5.79. The molecule has 0 unspecified atom stereocenters. The lowest BCUT2D eigenvalue weighted by Gasteiger charge is -2.29. The second kappa shape index (κ2) is 6.31. The van der Waals surface area contributed by atoms with Crippen LogP contribution in [0.15, 0.2) is 0 Å². The van der Waals surface area contributed by atoms with Gasteiger partial charge in [-0.15, -0.1) is 23.2 Å². The molecule has 0 aliphatic heterocycles. The normalized spacial score (nSPS) is 12.1. The minimum atomic E-state index is -0.0741. The Labute approximate surface area is 118 Å². The second-order valence-electron chi connectivity index (χ2n) is 4.67. The van der Waals surface area contributed by atoms with Gasteiger partial charge in [0, 0.05) is 29.8 Å². The maximum absolute atomic E-state index is 6.25. The van der Waals surface area contributed by atoms with E-state index in [0.29, 0.717) is 16.9 Å². The molecule has 0 spiro atoms. The summed E-state index contributed by atoms with van der Waals surface area (Å²) < 4.78 is 1.70. The predicted octanol–water partition coefficient (Wildman–Crippen LogP) is 4.19. The fraction of sp³-hybridized carbons (Fsp3) is 0.750. The lowest BCUT2D eigenvalue weighted by molar-refractivity contribution is 0.340. The zero-order valence-electron chi connectivity index (χ0n) is 10.6. The van der Waals surface area contributed by atoms with Crippen molar-refractivity contribution in [1.29, 1.82) is 0 Å². The van der Waals surface area contributed by atoms with Crippen molar-refractivity contribution >= 4 is 34.8 Å². The van der Waals surface area contributed by atoms with Crippen LogP contribution >= 0.6 is 34.8 Å². The first kappa shape index (κ1) is 15.1. The van der Waals surface area contributed by atoms with Gasteiger partial charge in [0.15, 0.2) is 0 Å². The van der Waals surface area contributed by atoms with E-state index in [9.17, 15) is 0 Å². The van der Waals surface area contributed by atoms with Crippen molar-refractivity contribution in [3.63, 3.8) is 0 Å². The average molecular weight is 298 g/mol. The lowest BCUT2D eigenvalue weighted by Crippen LogP contribution is -2.28. The molecule has 0 saturated carbocycles. The molecule has 1 aromatic rings. The van der Waals surface area contributed by atoms with Gasteiger partial charge < -0.3 is 0 Å². The van der Waals surface area contributed by atoms with Gasteiger partial charge in [-0.05, 0) is 19.8 Å². The van der Waals surface area contributed by atoms with E-state index in [1.54, 1.807) is 4.68 Å². The van der Waals surface area contributed by atoms with Crippen molar-refractivity contribution in [2.75, 3.05) is 11.8 Å². The van der Waals surface area contributed by atoms with Gasteiger partial charge >= 0.3 is 0 Å².